The molecular formula is C20H21NO2. The highest BCUT2D eigenvalue weighted by atomic mass is 16.5. The van der Waals surface area contributed by atoms with Crippen molar-refractivity contribution in [3.8, 4) is 5.75 Å². The van der Waals surface area contributed by atoms with Crippen LogP contribution >= 0.6 is 0 Å². The molecule has 0 saturated heterocycles. The predicted molar refractivity (Wildman–Crippen MR) is 94.4 cm³/mol. The second-order valence-electron chi connectivity index (χ2n) is 5.88. The van der Waals surface area contributed by atoms with Gasteiger partial charge in [0.05, 0.1) is 6.61 Å². The Kier molecular flexibility index (Phi) is 4.20. The Labute approximate surface area is 137 Å². The van der Waals surface area contributed by atoms with Gasteiger partial charge in [-0.05, 0) is 30.7 Å². The van der Waals surface area contributed by atoms with E-state index in [4.69, 9.17) is 4.74 Å². The summed E-state index contributed by atoms with van der Waals surface area (Å²) in [6.45, 7) is 2.57. The van der Waals surface area contributed by atoms with Crippen molar-refractivity contribution in [2.75, 3.05) is 25.6 Å². The monoisotopic (exact) mass is 307 g/mol. The molecule has 23 heavy (non-hydrogen) atoms. The molecule has 0 aliphatic heterocycles. The fourth-order valence-electron chi connectivity index (χ4n) is 2.86. The van der Waals surface area contributed by atoms with E-state index >= 15 is 0 Å². The Morgan fingerprint density at radius 3 is 2.65 bits per heavy atom. The molecule has 118 valence electrons. The van der Waals surface area contributed by atoms with E-state index in [2.05, 4.69) is 0 Å². The van der Waals surface area contributed by atoms with Crippen molar-refractivity contribution in [3.05, 3.63) is 64.7 Å². The highest BCUT2D eigenvalue weighted by Gasteiger charge is 2.24. The molecule has 0 unspecified atom stereocenters. The zero-order valence-corrected chi connectivity index (χ0v) is 13.8. The number of ketones is 1. The minimum atomic E-state index is 0.125. The van der Waals surface area contributed by atoms with Crippen LogP contribution in [0.4, 0.5) is 5.69 Å². The fraction of sp³-hybridized carbons (Fsp3) is 0.250. The summed E-state index contributed by atoms with van der Waals surface area (Å²) >= 11 is 0. The Balaban J connectivity index is 1.98. The van der Waals surface area contributed by atoms with E-state index in [0.717, 1.165) is 33.7 Å². The molecule has 0 atom stereocenters. The van der Waals surface area contributed by atoms with Crippen LogP contribution in [0.3, 0.4) is 0 Å². The number of hydrogen-bond acceptors (Lipinski definition) is 3. The van der Waals surface area contributed by atoms with Crippen molar-refractivity contribution in [3.63, 3.8) is 0 Å². The molecule has 0 radical (unpaired) electrons. The van der Waals surface area contributed by atoms with E-state index in [1.165, 1.54) is 0 Å². The zero-order chi connectivity index (χ0) is 16.4. The first kappa shape index (κ1) is 15.3. The average Bonchev–Trinajstić information content (AvgIpc) is 2.86. The van der Waals surface area contributed by atoms with Crippen LogP contribution in [0.2, 0.25) is 0 Å². The van der Waals surface area contributed by atoms with Gasteiger partial charge in [0.25, 0.3) is 0 Å². The van der Waals surface area contributed by atoms with Gasteiger partial charge in [0.15, 0.2) is 5.78 Å². The maximum atomic E-state index is 12.5. The van der Waals surface area contributed by atoms with Crippen molar-refractivity contribution < 1.29 is 9.53 Å². The first-order valence-corrected chi connectivity index (χ1v) is 7.87. The lowest BCUT2D eigenvalue weighted by Crippen LogP contribution is -2.09. The zero-order valence-electron chi connectivity index (χ0n) is 13.8. The Hall–Kier alpha value is -2.55. The van der Waals surface area contributed by atoms with Crippen LogP contribution in [0.1, 0.15) is 28.4 Å². The lowest BCUT2D eigenvalue weighted by molar-refractivity contribution is 0.104. The summed E-state index contributed by atoms with van der Waals surface area (Å²) in [5, 5.41) is 0. The standard InChI is InChI=1S/C20H21NO2/c1-4-23-19-13-17(21(2)3)10-9-15(19)12-16-11-14-7-5-6-8-18(14)20(16)22/h5-10,12-13H,4,11H2,1-3H3. The number of carbonyl (C=O) groups is 1. The highest BCUT2D eigenvalue weighted by molar-refractivity contribution is 6.15. The van der Waals surface area contributed by atoms with Gasteiger partial charge >= 0.3 is 0 Å². The van der Waals surface area contributed by atoms with E-state index in [0.29, 0.717) is 13.0 Å². The second-order valence-corrected chi connectivity index (χ2v) is 5.88. The third-order valence-corrected chi connectivity index (χ3v) is 4.08. The average molecular weight is 307 g/mol. The van der Waals surface area contributed by atoms with Gasteiger partial charge in [-0.2, -0.15) is 0 Å². The molecule has 0 amide bonds. The number of Topliss-reactive ketones (excluding diaryl/α,β-unsaturated/α-hetero) is 1. The number of benzene rings is 2. The van der Waals surface area contributed by atoms with Crippen LogP contribution in [0, 0.1) is 0 Å². The van der Waals surface area contributed by atoms with Gasteiger partial charge in [-0.3, -0.25) is 4.79 Å². The summed E-state index contributed by atoms with van der Waals surface area (Å²) in [4.78, 5) is 14.6. The minimum absolute atomic E-state index is 0.125. The summed E-state index contributed by atoms with van der Waals surface area (Å²) < 4.78 is 5.77. The lowest BCUT2D eigenvalue weighted by Gasteiger charge is -2.16. The van der Waals surface area contributed by atoms with Gasteiger partial charge in [0.2, 0.25) is 0 Å². The summed E-state index contributed by atoms with van der Waals surface area (Å²) in [5.41, 5.74) is 4.78. The van der Waals surface area contributed by atoms with Gasteiger partial charge in [0.1, 0.15) is 5.75 Å². The number of ether oxygens (including phenoxy) is 1. The Bertz CT molecular complexity index is 775. The van der Waals surface area contributed by atoms with Crippen LogP contribution in [-0.2, 0) is 6.42 Å². The third-order valence-electron chi connectivity index (χ3n) is 4.08. The molecule has 0 spiro atoms. The highest BCUT2D eigenvalue weighted by Crippen LogP contribution is 2.31. The van der Waals surface area contributed by atoms with Gasteiger partial charge in [-0.15, -0.1) is 0 Å². The molecule has 0 saturated carbocycles. The normalized spacial score (nSPS) is 14.9. The van der Waals surface area contributed by atoms with Crippen LogP contribution in [0.25, 0.3) is 6.08 Å². The molecular weight excluding hydrogens is 286 g/mol. The topological polar surface area (TPSA) is 29.5 Å². The second kappa shape index (κ2) is 6.29. The van der Waals surface area contributed by atoms with E-state index < -0.39 is 0 Å². The molecule has 0 heterocycles. The molecule has 2 aromatic carbocycles. The minimum Gasteiger partial charge on any atom is -0.493 e. The molecule has 0 fully saturated rings. The number of carbonyl (C=O) groups excluding carboxylic acids is 1. The molecule has 1 aliphatic rings. The molecule has 3 nitrogen and oxygen atoms in total. The maximum Gasteiger partial charge on any atom is 0.189 e. The number of nitrogens with zero attached hydrogens (tertiary/aromatic N) is 1. The number of anilines is 1. The smallest absolute Gasteiger partial charge is 0.189 e. The van der Waals surface area contributed by atoms with E-state index in [-0.39, 0.29) is 5.78 Å². The first-order chi connectivity index (χ1) is 11.1. The van der Waals surface area contributed by atoms with Gasteiger partial charge in [0, 0.05) is 49.0 Å². The number of rotatable bonds is 4. The van der Waals surface area contributed by atoms with Gasteiger partial charge in [-0.1, -0.05) is 24.3 Å². The molecule has 0 bridgehead atoms. The van der Waals surface area contributed by atoms with E-state index in [1.54, 1.807) is 0 Å². The van der Waals surface area contributed by atoms with Crippen molar-refractivity contribution in [2.45, 2.75) is 13.3 Å². The SMILES string of the molecule is CCOc1cc(N(C)C)ccc1C=C1Cc2ccccc2C1=O. The summed E-state index contributed by atoms with van der Waals surface area (Å²) in [6.07, 6.45) is 2.66. The third kappa shape index (κ3) is 3.00. The lowest BCUT2D eigenvalue weighted by atomic mass is 10.1. The fourth-order valence-corrected chi connectivity index (χ4v) is 2.86. The Morgan fingerprint density at radius 2 is 1.96 bits per heavy atom. The number of fused-ring (bicyclic) bond motifs is 1. The van der Waals surface area contributed by atoms with Crippen LogP contribution in [-0.4, -0.2) is 26.5 Å². The maximum absolute atomic E-state index is 12.5. The van der Waals surface area contributed by atoms with Crippen molar-refractivity contribution in [2.24, 2.45) is 0 Å². The summed E-state index contributed by atoms with van der Waals surface area (Å²) in [5.74, 6) is 0.940. The largest absolute Gasteiger partial charge is 0.493 e. The Morgan fingerprint density at radius 1 is 1.17 bits per heavy atom. The van der Waals surface area contributed by atoms with Crippen molar-refractivity contribution in [1.29, 1.82) is 0 Å². The summed E-state index contributed by atoms with van der Waals surface area (Å²) in [6, 6.07) is 13.9. The van der Waals surface area contributed by atoms with Crippen LogP contribution in [0.5, 0.6) is 5.75 Å². The molecule has 0 N–H and O–H groups in total. The first-order valence-electron chi connectivity index (χ1n) is 7.87. The number of hydrogen-bond donors (Lipinski definition) is 0. The van der Waals surface area contributed by atoms with Crippen LogP contribution in [0.15, 0.2) is 48.0 Å². The van der Waals surface area contributed by atoms with Gasteiger partial charge < -0.3 is 9.64 Å². The quantitative estimate of drug-likeness (QED) is 0.800. The summed E-state index contributed by atoms with van der Waals surface area (Å²) in [7, 11) is 4.00. The predicted octanol–water partition coefficient (Wildman–Crippen LogP) is 3.97. The molecule has 3 heteroatoms. The molecule has 0 aromatic heterocycles. The van der Waals surface area contributed by atoms with Gasteiger partial charge in [-0.25, -0.2) is 0 Å². The molecule has 3 rings (SSSR count). The molecule has 2 aromatic rings. The number of allylic oxidation sites excluding steroid dienone is 1. The van der Waals surface area contributed by atoms with Crippen molar-refractivity contribution in [1.82, 2.24) is 0 Å². The molecule has 1 aliphatic carbocycles. The van der Waals surface area contributed by atoms with E-state index in [1.807, 2.05) is 74.5 Å². The van der Waals surface area contributed by atoms with E-state index in [9.17, 15) is 4.79 Å². The van der Waals surface area contributed by atoms with Crippen molar-refractivity contribution >= 4 is 17.5 Å². The van der Waals surface area contributed by atoms with Crippen LogP contribution < -0.4 is 9.64 Å².